The van der Waals surface area contributed by atoms with Gasteiger partial charge in [0, 0.05) is 57.9 Å². The van der Waals surface area contributed by atoms with Crippen LogP contribution in [0.2, 0.25) is 0 Å². The van der Waals surface area contributed by atoms with Crippen LogP contribution in [-0.2, 0) is 6.54 Å². The molecule has 0 N–H and O–H groups in total. The fourth-order valence-electron chi connectivity index (χ4n) is 3.56. The second kappa shape index (κ2) is 8.73. The van der Waals surface area contributed by atoms with Gasteiger partial charge in [-0.25, -0.2) is 4.98 Å². The monoisotopic (exact) mass is 387 g/mol. The van der Waals surface area contributed by atoms with Crippen molar-refractivity contribution in [1.82, 2.24) is 14.9 Å². The summed E-state index contributed by atoms with van der Waals surface area (Å²) in [7, 11) is 2.03. The Labute approximate surface area is 171 Å². The smallest absolute Gasteiger partial charge is 0.272 e. The molecule has 6 heteroatoms. The number of piperazine rings is 1. The molecular formula is C23H25N5O. The van der Waals surface area contributed by atoms with Crippen LogP contribution >= 0.6 is 0 Å². The molecule has 3 aromatic rings. The van der Waals surface area contributed by atoms with Gasteiger partial charge in [0.05, 0.1) is 0 Å². The molecule has 1 saturated heterocycles. The van der Waals surface area contributed by atoms with E-state index in [9.17, 15) is 4.79 Å². The summed E-state index contributed by atoms with van der Waals surface area (Å²) in [4.78, 5) is 27.9. The summed E-state index contributed by atoms with van der Waals surface area (Å²) in [6.07, 6.45) is 3.52. The standard InChI is InChI=1S/C23H25N5O/c1-26(18-19-7-3-2-4-8-19)20-10-12-24-21(17-20)23(29)28-15-13-27(14-16-28)22-9-5-6-11-25-22/h2-12,17H,13-16,18H2,1H3. The molecule has 1 amide bonds. The van der Waals surface area contributed by atoms with Crippen LogP contribution in [-0.4, -0.2) is 54.0 Å². The van der Waals surface area contributed by atoms with Crippen molar-refractivity contribution in [3.8, 4) is 0 Å². The summed E-state index contributed by atoms with van der Waals surface area (Å²) in [5.74, 6) is 0.947. The van der Waals surface area contributed by atoms with Crippen molar-refractivity contribution in [2.45, 2.75) is 6.54 Å². The van der Waals surface area contributed by atoms with E-state index in [1.54, 1.807) is 12.4 Å². The largest absolute Gasteiger partial charge is 0.370 e. The third-order valence-electron chi connectivity index (χ3n) is 5.21. The molecule has 0 bridgehead atoms. The lowest BCUT2D eigenvalue weighted by molar-refractivity contribution is 0.0740. The molecule has 0 spiro atoms. The molecule has 1 aromatic carbocycles. The van der Waals surface area contributed by atoms with Crippen LogP contribution in [0.5, 0.6) is 0 Å². The second-order valence-corrected chi connectivity index (χ2v) is 7.21. The molecule has 29 heavy (non-hydrogen) atoms. The second-order valence-electron chi connectivity index (χ2n) is 7.21. The van der Waals surface area contributed by atoms with Crippen LogP contribution < -0.4 is 9.80 Å². The number of hydrogen-bond donors (Lipinski definition) is 0. The normalized spacial score (nSPS) is 14.0. The van der Waals surface area contributed by atoms with Gasteiger partial charge >= 0.3 is 0 Å². The highest BCUT2D eigenvalue weighted by Gasteiger charge is 2.24. The Kier molecular flexibility index (Phi) is 5.70. The number of rotatable bonds is 5. The molecule has 0 saturated carbocycles. The van der Waals surface area contributed by atoms with E-state index < -0.39 is 0 Å². The van der Waals surface area contributed by atoms with Gasteiger partial charge < -0.3 is 14.7 Å². The molecule has 4 rings (SSSR count). The van der Waals surface area contributed by atoms with Crippen LogP contribution in [0.15, 0.2) is 73.1 Å². The summed E-state index contributed by atoms with van der Waals surface area (Å²) >= 11 is 0. The molecule has 0 radical (unpaired) electrons. The van der Waals surface area contributed by atoms with Crippen molar-refractivity contribution in [1.29, 1.82) is 0 Å². The maximum atomic E-state index is 13.0. The highest BCUT2D eigenvalue weighted by atomic mass is 16.2. The summed E-state index contributed by atoms with van der Waals surface area (Å²) < 4.78 is 0. The first-order valence-corrected chi connectivity index (χ1v) is 9.87. The maximum Gasteiger partial charge on any atom is 0.272 e. The van der Waals surface area contributed by atoms with Crippen LogP contribution in [0.1, 0.15) is 16.1 Å². The SMILES string of the molecule is CN(Cc1ccccc1)c1ccnc(C(=O)N2CCN(c3ccccn3)CC2)c1. The van der Waals surface area contributed by atoms with Crippen molar-refractivity contribution in [2.75, 3.05) is 43.0 Å². The number of amides is 1. The lowest BCUT2D eigenvalue weighted by Gasteiger charge is -2.35. The quantitative estimate of drug-likeness (QED) is 0.673. The lowest BCUT2D eigenvalue weighted by Crippen LogP contribution is -2.49. The van der Waals surface area contributed by atoms with Gasteiger partial charge in [0.2, 0.25) is 0 Å². The minimum Gasteiger partial charge on any atom is -0.370 e. The van der Waals surface area contributed by atoms with E-state index in [-0.39, 0.29) is 5.91 Å². The van der Waals surface area contributed by atoms with E-state index in [4.69, 9.17) is 0 Å². The van der Waals surface area contributed by atoms with Gasteiger partial charge in [-0.1, -0.05) is 36.4 Å². The van der Waals surface area contributed by atoms with Gasteiger partial charge in [-0.2, -0.15) is 0 Å². The number of carbonyl (C=O) groups excluding carboxylic acids is 1. The maximum absolute atomic E-state index is 13.0. The first-order valence-electron chi connectivity index (χ1n) is 9.87. The van der Waals surface area contributed by atoms with Crippen molar-refractivity contribution >= 4 is 17.4 Å². The van der Waals surface area contributed by atoms with E-state index >= 15 is 0 Å². The molecule has 3 heterocycles. The molecule has 1 aliphatic heterocycles. The predicted octanol–water partition coefficient (Wildman–Crippen LogP) is 3.08. The highest BCUT2D eigenvalue weighted by Crippen LogP contribution is 2.18. The topological polar surface area (TPSA) is 52.6 Å². The van der Waals surface area contributed by atoms with Crippen molar-refractivity contribution in [3.05, 3.63) is 84.3 Å². The lowest BCUT2D eigenvalue weighted by atomic mass is 10.2. The van der Waals surface area contributed by atoms with Gasteiger partial charge in [0.15, 0.2) is 0 Å². The van der Waals surface area contributed by atoms with Crippen LogP contribution in [0.3, 0.4) is 0 Å². The van der Waals surface area contributed by atoms with Crippen molar-refractivity contribution in [2.24, 2.45) is 0 Å². The number of pyridine rings is 2. The molecule has 1 fully saturated rings. The molecule has 0 atom stereocenters. The summed E-state index contributed by atoms with van der Waals surface area (Å²) in [6, 6.07) is 20.0. The zero-order valence-electron chi connectivity index (χ0n) is 16.6. The van der Waals surface area contributed by atoms with Gasteiger partial charge in [0.25, 0.3) is 5.91 Å². The average molecular weight is 387 g/mol. The number of carbonyl (C=O) groups is 1. The molecule has 6 nitrogen and oxygen atoms in total. The van der Waals surface area contributed by atoms with Crippen molar-refractivity contribution < 1.29 is 4.79 Å². The number of aromatic nitrogens is 2. The zero-order valence-corrected chi connectivity index (χ0v) is 16.6. The Bertz CT molecular complexity index is 940. The number of hydrogen-bond acceptors (Lipinski definition) is 5. The third-order valence-corrected chi connectivity index (χ3v) is 5.21. The Morgan fingerprint density at radius 1 is 0.931 bits per heavy atom. The fraction of sp³-hybridized carbons (Fsp3) is 0.261. The summed E-state index contributed by atoms with van der Waals surface area (Å²) in [5.41, 5.74) is 2.71. The van der Waals surface area contributed by atoms with E-state index in [0.29, 0.717) is 18.8 Å². The summed E-state index contributed by atoms with van der Waals surface area (Å²) in [6.45, 7) is 3.66. The van der Waals surface area contributed by atoms with Crippen molar-refractivity contribution in [3.63, 3.8) is 0 Å². The molecule has 0 unspecified atom stereocenters. The van der Waals surface area contributed by atoms with Crippen LogP contribution in [0.4, 0.5) is 11.5 Å². The number of anilines is 2. The van der Waals surface area contributed by atoms with Gasteiger partial charge in [-0.05, 0) is 29.8 Å². The first kappa shape index (κ1) is 18.9. The number of benzene rings is 1. The molecule has 148 valence electrons. The molecule has 0 aliphatic carbocycles. The minimum atomic E-state index is -0.0133. The fourth-order valence-corrected chi connectivity index (χ4v) is 3.56. The summed E-state index contributed by atoms with van der Waals surface area (Å²) in [5, 5.41) is 0. The van der Waals surface area contributed by atoms with E-state index in [2.05, 4.69) is 31.9 Å². The van der Waals surface area contributed by atoms with Gasteiger partial charge in [0.1, 0.15) is 11.5 Å². The third kappa shape index (κ3) is 4.54. The molecule has 1 aliphatic rings. The Balaban J connectivity index is 1.40. The van der Waals surface area contributed by atoms with Gasteiger partial charge in [-0.3, -0.25) is 9.78 Å². The predicted molar refractivity (Wildman–Crippen MR) is 115 cm³/mol. The average Bonchev–Trinajstić information content (AvgIpc) is 2.80. The molecular weight excluding hydrogens is 362 g/mol. The number of nitrogens with zero attached hydrogens (tertiary/aromatic N) is 5. The zero-order chi connectivity index (χ0) is 20.1. The first-order chi connectivity index (χ1) is 14.2. The minimum absolute atomic E-state index is 0.0133. The highest BCUT2D eigenvalue weighted by molar-refractivity contribution is 5.93. The van der Waals surface area contributed by atoms with Gasteiger partial charge in [-0.15, -0.1) is 0 Å². The Hall–Kier alpha value is -3.41. The Morgan fingerprint density at radius 2 is 1.69 bits per heavy atom. The van der Waals surface area contributed by atoms with Crippen LogP contribution in [0.25, 0.3) is 0 Å². The molecule has 2 aromatic heterocycles. The van der Waals surface area contributed by atoms with E-state index in [1.165, 1.54) is 5.56 Å². The van der Waals surface area contributed by atoms with Crippen LogP contribution in [0, 0.1) is 0 Å². The Morgan fingerprint density at radius 3 is 2.41 bits per heavy atom. The van der Waals surface area contributed by atoms with E-state index in [0.717, 1.165) is 31.1 Å². The van der Waals surface area contributed by atoms with E-state index in [1.807, 2.05) is 60.5 Å².